The van der Waals surface area contributed by atoms with Crippen molar-refractivity contribution in [3.05, 3.63) is 78.7 Å². The molecule has 8 heteroatoms. The molecule has 0 saturated heterocycles. The Kier molecular flexibility index (Phi) is 6.10. The number of ether oxygens (including phenoxy) is 1. The fraction of sp³-hybridized carbons (Fsp3) is 0.136. The van der Waals surface area contributed by atoms with E-state index in [1.807, 2.05) is 44.2 Å². The standard InChI is InChI=1S/C22H15F2N3O2S/c1-13-4-3-5-14(2)19(13)27-20(28)18(30-21(27)16(11-25)12-26)10-15-6-8-17(9-7-15)29-22(23)24/h3-10,22H,1-2H3/b18-10+. The van der Waals surface area contributed by atoms with E-state index in [1.54, 1.807) is 18.2 Å². The third-order valence-corrected chi connectivity index (χ3v) is 5.42. The summed E-state index contributed by atoms with van der Waals surface area (Å²) < 4.78 is 30.9. The molecule has 30 heavy (non-hydrogen) atoms. The second-order valence-corrected chi connectivity index (χ2v) is 7.37. The minimum atomic E-state index is -2.92. The summed E-state index contributed by atoms with van der Waals surface area (Å²) in [5.41, 5.74) is 2.32. The second kappa shape index (κ2) is 8.73. The molecule has 1 aromatic heterocycles. The van der Waals surface area contributed by atoms with Crippen molar-refractivity contribution in [2.75, 3.05) is 0 Å². The Hall–Kier alpha value is -3.75. The first kappa shape index (κ1) is 21.0. The molecule has 0 aliphatic carbocycles. The first-order valence-corrected chi connectivity index (χ1v) is 9.57. The van der Waals surface area contributed by atoms with E-state index in [1.165, 1.54) is 16.7 Å². The molecule has 5 nitrogen and oxygen atoms in total. The second-order valence-electron chi connectivity index (χ2n) is 6.34. The Bertz CT molecular complexity index is 1320. The molecule has 0 N–H and O–H groups in total. The predicted octanol–water partition coefficient (Wildman–Crippen LogP) is 3.14. The number of aromatic nitrogens is 1. The van der Waals surface area contributed by atoms with Crippen LogP contribution >= 0.6 is 11.3 Å². The highest BCUT2D eigenvalue weighted by Gasteiger charge is 2.14. The lowest BCUT2D eigenvalue weighted by molar-refractivity contribution is -0.0498. The van der Waals surface area contributed by atoms with Crippen LogP contribution < -0.4 is 19.5 Å². The Morgan fingerprint density at radius 3 is 2.23 bits per heavy atom. The van der Waals surface area contributed by atoms with Gasteiger partial charge in [0.15, 0.2) is 5.57 Å². The summed E-state index contributed by atoms with van der Waals surface area (Å²) in [7, 11) is 0. The van der Waals surface area contributed by atoms with Gasteiger partial charge < -0.3 is 4.74 Å². The van der Waals surface area contributed by atoms with Crippen LogP contribution in [0.1, 0.15) is 16.7 Å². The van der Waals surface area contributed by atoms with E-state index in [2.05, 4.69) is 4.74 Å². The molecule has 0 saturated carbocycles. The van der Waals surface area contributed by atoms with Gasteiger partial charge in [-0.05, 0) is 48.7 Å². The number of nitrogens with zero attached hydrogens (tertiary/aromatic N) is 3. The van der Waals surface area contributed by atoms with Crippen molar-refractivity contribution in [2.24, 2.45) is 0 Å². The van der Waals surface area contributed by atoms with Gasteiger partial charge in [0.1, 0.15) is 22.6 Å². The number of benzene rings is 2. The fourth-order valence-corrected chi connectivity index (χ4v) is 4.07. The monoisotopic (exact) mass is 423 g/mol. The van der Waals surface area contributed by atoms with Gasteiger partial charge >= 0.3 is 6.61 Å². The van der Waals surface area contributed by atoms with E-state index >= 15 is 0 Å². The molecular formula is C22H15F2N3O2S. The number of rotatable bonds is 4. The maximum absolute atomic E-state index is 13.2. The lowest BCUT2D eigenvalue weighted by atomic mass is 10.1. The predicted molar refractivity (Wildman–Crippen MR) is 110 cm³/mol. The van der Waals surface area contributed by atoms with E-state index < -0.39 is 6.61 Å². The van der Waals surface area contributed by atoms with Crippen LogP contribution in [-0.4, -0.2) is 11.2 Å². The number of hydrogen-bond donors (Lipinski definition) is 0. The van der Waals surface area contributed by atoms with Crippen LogP contribution in [0.25, 0.3) is 17.3 Å². The van der Waals surface area contributed by atoms with Crippen LogP contribution in [0, 0.1) is 36.5 Å². The number of aryl methyl sites for hydroxylation is 2. The van der Waals surface area contributed by atoms with Gasteiger partial charge in [-0.2, -0.15) is 19.3 Å². The zero-order chi connectivity index (χ0) is 21.8. The largest absolute Gasteiger partial charge is 0.435 e. The number of hydrogen-bond acceptors (Lipinski definition) is 5. The molecule has 0 spiro atoms. The fourth-order valence-electron chi connectivity index (χ4n) is 3.03. The lowest BCUT2D eigenvalue weighted by Gasteiger charge is -2.10. The molecule has 1 heterocycles. The Morgan fingerprint density at radius 2 is 1.70 bits per heavy atom. The summed E-state index contributed by atoms with van der Waals surface area (Å²) in [4.78, 5) is 13.2. The van der Waals surface area contributed by atoms with Gasteiger partial charge in [0.25, 0.3) is 5.56 Å². The molecular weight excluding hydrogens is 408 g/mol. The molecule has 150 valence electrons. The van der Waals surface area contributed by atoms with Crippen molar-refractivity contribution in [1.82, 2.24) is 4.57 Å². The molecule has 0 fully saturated rings. The minimum Gasteiger partial charge on any atom is -0.435 e. The highest BCUT2D eigenvalue weighted by Crippen LogP contribution is 2.17. The summed E-state index contributed by atoms with van der Waals surface area (Å²) in [5.74, 6) is 0.00606. The van der Waals surface area contributed by atoms with Crippen LogP contribution in [0.4, 0.5) is 8.78 Å². The number of para-hydroxylation sites is 1. The number of nitriles is 2. The molecule has 0 bridgehead atoms. The average Bonchev–Trinajstić information content (AvgIpc) is 3.00. The molecule has 0 aliphatic heterocycles. The van der Waals surface area contributed by atoms with Crippen molar-refractivity contribution in [1.29, 1.82) is 10.5 Å². The molecule has 0 atom stereocenters. The Morgan fingerprint density at radius 1 is 1.10 bits per heavy atom. The van der Waals surface area contributed by atoms with Gasteiger partial charge in [0.2, 0.25) is 0 Å². The highest BCUT2D eigenvalue weighted by molar-refractivity contribution is 7.07. The quantitative estimate of drug-likeness (QED) is 0.646. The van der Waals surface area contributed by atoms with Crippen molar-refractivity contribution in [2.45, 2.75) is 20.5 Å². The lowest BCUT2D eigenvalue weighted by Crippen LogP contribution is -2.31. The van der Waals surface area contributed by atoms with Crippen molar-refractivity contribution in [3.8, 4) is 23.6 Å². The van der Waals surface area contributed by atoms with Crippen molar-refractivity contribution >= 4 is 23.0 Å². The first-order valence-electron chi connectivity index (χ1n) is 8.75. The van der Waals surface area contributed by atoms with Crippen LogP contribution in [-0.2, 0) is 0 Å². The SMILES string of the molecule is Cc1cccc(C)c1-n1c(=C(C#N)C#N)s/c(=C/c2ccc(OC(F)F)cc2)c1=O. The van der Waals surface area contributed by atoms with E-state index in [-0.39, 0.29) is 21.5 Å². The first-order chi connectivity index (χ1) is 14.3. The Balaban J connectivity index is 2.29. The van der Waals surface area contributed by atoms with E-state index in [4.69, 9.17) is 0 Å². The average molecular weight is 423 g/mol. The molecule has 0 amide bonds. The zero-order valence-electron chi connectivity index (χ0n) is 16.0. The summed E-state index contributed by atoms with van der Waals surface area (Å²) in [6.07, 6.45) is 1.58. The Labute approximate surface area is 174 Å². The van der Waals surface area contributed by atoms with E-state index in [0.29, 0.717) is 15.8 Å². The normalized spacial score (nSPS) is 11.2. The van der Waals surface area contributed by atoms with Gasteiger partial charge in [-0.3, -0.25) is 9.36 Å². The van der Waals surface area contributed by atoms with Crippen molar-refractivity contribution < 1.29 is 13.5 Å². The third kappa shape index (κ3) is 4.14. The maximum Gasteiger partial charge on any atom is 0.387 e. The van der Waals surface area contributed by atoms with Gasteiger partial charge in [0, 0.05) is 0 Å². The van der Waals surface area contributed by atoms with Crippen LogP contribution in [0.5, 0.6) is 5.75 Å². The molecule has 3 rings (SSSR count). The van der Waals surface area contributed by atoms with E-state index in [9.17, 15) is 24.1 Å². The van der Waals surface area contributed by atoms with E-state index in [0.717, 1.165) is 22.5 Å². The molecule has 2 aromatic carbocycles. The maximum atomic E-state index is 13.2. The number of thiazole rings is 1. The number of alkyl halides is 2. The van der Waals surface area contributed by atoms with Gasteiger partial charge in [0.05, 0.1) is 10.2 Å². The third-order valence-electron chi connectivity index (χ3n) is 4.33. The molecule has 0 unspecified atom stereocenters. The number of halogens is 2. The highest BCUT2D eigenvalue weighted by atomic mass is 32.1. The minimum absolute atomic E-state index is 0.00606. The van der Waals surface area contributed by atoms with Crippen LogP contribution in [0.15, 0.2) is 47.3 Å². The van der Waals surface area contributed by atoms with Gasteiger partial charge in [-0.15, -0.1) is 11.3 Å². The van der Waals surface area contributed by atoms with Crippen LogP contribution in [0.2, 0.25) is 0 Å². The van der Waals surface area contributed by atoms with Gasteiger partial charge in [-0.25, -0.2) is 0 Å². The van der Waals surface area contributed by atoms with Crippen LogP contribution in [0.3, 0.4) is 0 Å². The van der Waals surface area contributed by atoms with Crippen molar-refractivity contribution in [3.63, 3.8) is 0 Å². The zero-order valence-corrected chi connectivity index (χ0v) is 16.8. The molecule has 0 radical (unpaired) electrons. The molecule has 3 aromatic rings. The molecule has 0 aliphatic rings. The summed E-state index contributed by atoms with van der Waals surface area (Å²) in [6.45, 7) is 0.773. The van der Waals surface area contributed by atoms with Gasteiger partial charge in [-0.1, -0.05) is 30.3 Å². The topological polar surface area (TPSA) is 78.8 Å². The summed E-state index contributed by atoms with van der Waals surface area (Å²) >= 11 is 1.03. The smallest absolute Gasteiger partial charge is 0.387 e. The summed E-state index contributed by atoms with van der Waals surface area (Å²) in [6, 6.07) is 15.1. The summed E-state index contributed by atoms with van der Waals surface area (Å²) in [5, 5.41) is 18.8.